The monoisotopic (exact) mass is 889 g/mol. The Hall–Kier alpha value is -6.41. The van der Waals surface area contributed by atoms with Crippen LogP contribution in [0.4, 0.5) is 49.1 Å². The minimum absolute atomic E-state index is 0.0857. The Bertz CT molecular complexity index is 2370. The molecule has 22 heteroatoms. The van der Waals surface area contributed by atoms with Gasteiger partial charge in [-0.2, -0.15) is 26.3 Å². The first-order valence-corrected chi connectivity index (χ1v) is 21.8. The predicted octanol–water partition coefficient (Wildman–Crippen LogP) is 12.7. The lowest BCUT2D eigenvalue weighted by molar-refractivity contribution is -0.138. The van der Waals surface area contributed by atoms with E-state index in [0.717, 1.165) is 48.5 Å². The number of rotatable bonds is 12. The Kier molecular flexibility index (Phi) is 11.4. The summed E-state index contributed by atoms with van der Waals surface area (Å²) < 4.78 is 136. The minimum atomic E-state index is -4.72. The summed E-state index contributed by atoms with van der Waals surface area (Å²) in [6.45, 7) is 0. The van der Waals surface area contributed by atoms with Crippen molar-refractivity contribution < 1.29 is 53.5 Å². The zero-order valence-corrected chi connectivity index (χ0v) is 33.2. The van der Waals surface area contributed by atoms with Crippen molar-refractivity contribution in [1.29, 1.82) is 0 Å². The number of nitrogen functional groups attached to an aromatic ring is 4. The molecule has 1 aliphatic rings. The molecule has 0 spiro atoms. The molecule has 312 valence electrons. The van der Waals surface area contributed by atoms with E-state index in [1.54, 1.807) is 0 Å². The smallest absolute Gasteiger partial charge is 0.413 e. The van der Waals surface area contributed by atoms with Crippen LogP contribution >= 0.6 is 23.0 Å². The lowest BCUT2D eigenvalue weighted by Crippen LogP contribution is -2.11. The molecule has 0 unspecified atom stereocenters. The average Bonchev–Trinajstić information content (AvgIpc) is 3.18. The molecule has 13 nitrogen and oxygen atoms in total. The van der Waals surface area contributed by atoms with Gasteiger partial charge >= 0.3 is 35.3 Å². The molecule has 6 aromatic rings. The largest absolute Gasteiger partial charge is 0.460 e. The molecular weight excluding hydrogens is 857 g/mol. The highest BCUT2D eigenvalue weighted by molar-refractivity contribution is 7.79. The van der Waals surface area contributed by atoms with E-state index in [2.05, 4.69) is 0 Å². The fraction of sp³-hybridized carbons (Fsp3) is 0.0526. The molecule has 60 heavy (non-hydrogen) atoms. The summed E-state index contributed by atoms with van der Waals surface area (Å²) in [6.07, 6.45) is -9.44. The SMILES string of the molecule is Nc1ccc(OP2(Oc3ccc(N)cc3)=NP(Oc3ccc(N)cc3)(Oc3ccc(N)cc3)=NP(Oc3ccc(C(F)(F)F)cc3)(Oc3ccc(C(F)(F)F)cc3)=N2)cc1. The van der Waals surface area contributed by atoms with E-state index in [1.165, 1.54) is 97.1 Å². The molecule has 0 radical (unpaired) electrons. The van der Waals surface area contributed by atoms with Gasteiger partial charge in [-0.15, -0.1) is 0 Å². The highest BCUT2D eigenvalue weighted by Gasteiger charge is 2.49. The summed E-state index contributed by atoms with van der Waals surface area (Å²) in [6, 6.07) is 30.9. The predicted molar refractivity (Wildman–Crippen MR) is 218 cm³/mol. The molecule has 6 aromatic carbocycles. The number of halogens is 6. The summed E-state index contributed by atoms with van der Waals surface area (Å²) in [5, 5.41) is 0. The first kappa shape index (κ1) is 41.7. The maximum absolute atomic E-state index is 13.7. The molecule has 7 rings (SSSR count). The average molecular weight is 890 g/mol. The first-order valence-electron chi connectivity index (χ1n) is 17.2. The van der Waals surface area contributed by atoms with E-state index < -0.39 is 46.5 Å². The molecule has 1 heterocycles. The number of nitrogens with zero attached hydrogens (tertiary/aromatic N) is 3. The van der Waals surface area contributed by atoms with Gasteiger partial charge in [0.25, 0.3) is 0 Å². The molecule has 1 aliphatic heterocycles. The van der Waals surface area contributed by atoms with E-state index in [4.69, 9.17) is 63.6 Å². The van der Waals surface area contributed by atoms with E-state index in [1.807, 2.05) is 0 Å². The van der Waals surface area contributed by atoms with Crippen molar-refractivity contribution in [2.75, 3.05) is 22.9 Å². The second kappa shape index (κ2) is 16.3. The van der Waals surface area contributed by atoms with Crippen molar-refractivity contribution in [3.63, 3.8) is 0 Å². The van der Waals surface area contributed by atoms with Crippen LogP contribution < -0.4 is 50.1 Å². The van der Waals surface area contributed by atoms with Crippen molar-refractivity contribution in [3.8, 4) is 34.5 Å². The fourth-order valence-electron chi connectivity index (χ4n) is 5.11. The molecule has 0 amide bonds. The van der Waals surface area contributed by atoms with E-state index >= 15 is 0 Å². The Labute approximate surface area is 338 Å². The zero-order chi connectivity index (χ0) is 42.8. The Morgan fingerprint density at radius 2 is 0.467 bits per heavy atom. The number of hydrogen-bond donors (Lipinski definition) is 4. The van der Waals surface area contributed by atoms with Crippen LogP contribution in [0.2, 0.25) is 0 Å². The van der Waals surface area contributed by atoms with Crippen LogP contribution in [0.25, 0.3) is 0 Å². The maximum Gasteiger partial charge on any atom is 0.460 e. The summed E-state index contributed by atoms with van der Waals surface area (Å²) in [5.74, 6) is -0.196. The van der Waals surface area contributed by atoms with Gasteiger partial charge in [-0.05, 0) is 146 Å². The molecular formula is C38H32F6N7O6P3. The van der Waals surface area contributed by atoms with Gasteiger partial charge in [0.2, 0.25) is 0 Å². The van der Waals surface area contributed by atoms with Gasteiger partial charge in [0.15, 0.2) is 0 Å². The Balaban J connectivity index is 1.56. The van der Waals surface area contributed by atoms with Crippen LogP contribution in [0.15, 0.2) is 159 Å². The van der Waals surface area contributed by atoms with Crippen LogP contribution in [0.3, 0.4) is 0 Å². The summed E-state index contributed by atoms with van der Waals surface area (Å²) in [5.41, 5.74) is 23.3. The van der Waals surface area contributed by atoms with Gasteiger partial charge in [0.05, 0.1) is 11.1 Å². The first-order chi connectivity index (χ1) is 28.4. The number of hydrogen-bond acceptors (Lipinski definition) is 13. The van der Waals surface area contributed by atoms with Gasteiger partial charge in [-0.25, -0.2) is 0 Å². The van der Waals surface area contributed by atoms with Crippen LogP contribution in [0, 0.1) is 0 Å². The number of alkyl halides is 6. The molecule has 0 aromatic heterocycles. The van der Waals surface area contributed by atoms with E-state index in [-0.39, 0.29) is 34.5 Å². The van der Waals surface area contributed by atoms with Crippen molar-refractivity contribution in [3.05, 3.63) is 157 Å². The summed E-state index contributed by atoms with van der Waals surface area (Å²) >= 11 is 0. The minimum Gasteiger partial charge on any atom is -0.413 e. The summed E-state index contributed by atoms with van der Waals surface area (Å²) in [4.78, 5) is 0. The van der Waals surface area contributed by atoms with Crippen LogP contribution in [0.1, 0.15) is 11.1 Å². The van der Waals surface area contributed by atoms with Crippen LogP contribution in [-0.2, 0) is 12.4 Å². The normalized spacial score (nSPS) is 15.2. The topological polar surface area (TPSA) is 197 Å². The zero-order valence-electron chi connectivity index (χ0n) is 30.6. The second-order valence-electron chi connectivity index (χ2n) is 12.6. The fourth-order valence-corrected chi connectivity index (χ4v) is 14.2. The van der Waals surface area contributed by atoms with Crippen LogP contribution in [-0.4, -0.2) is 0 Å². The third kappa shape index (κ3) is 10.2. The number of benzene rings is 6. The van der Waals surface area contributed by atoms with Gasteiger partial charge in [-0.1, -0.05) is 13.5 Å². The number of anilines is 4. The highest BCUT2D eigenvalue weighted by atomic mass is 31.3. The Morgan fingerprint density at radius 3 is 0.633 bits per heavy atom. The molecule has 0 bridgehead atoms. The lowest BCUT2D eigenvalue weighted by atomic mass is 10.2. The van der Waals surface area contributed by atoms with Crippen molar-refractivity contribution in [1.82, 2.24) is 0 Å². The van der Waals surface area contributed by atoms with Gasteiger partial charge in [-0.3, -0.25) is 0 Å². The molecule has 0 aliphatic carbocycles. The van der Waals surface area contributed by atoms with Crippen molar-refractivity contribution >= 4 is 45.7 Å². The second-order valence-corrected chi connectivity index (χ2v) is 18.8. The Morgan fingerprint density at radius 1 is 0.300 bits per heavy atom. The maximum atomic E-state index is 13.7. The third-order valence-corrected chi connectivity index (χ3v) is 16.0. The molecule has 0 saturated heterocycles. The van der Waals surface area contributed by atoms with E-state index in [9.17, 15) is 26.3 Å². The standard InChI is InChI=1S/C38H32F6N7O6P3/c39-37(40,41)25-1-13-31(14-2-25)52-58(53-32-15-3-26(4-16-32)38(42,43)44)49-59(54-33-17-5-27(45)6-18-33,55-34-19-7-28(46)8-20-34)51-60(50-58,56-35-21-9-29(47)10-22-35)57-36-23-11-30(48)12-24-36/h1-24H,45-48H2. The quantitative estimate of drug-likeness (QED) is 0.0521. The van der Waals surface area contributed by atoms with Crippen molar-refractivity contribution in [2.45, 2.75) is 12.4 Å². The van der Waals surface area contributed by atoms with E-state index in [0.29, 0.717) is 22.7 Å². The third-order valence-electron chi connectivity index (χ3n) is 7.91. The highest BCUT2D eigenvalue weighted by Crippen LogP contribution is 2.78. The molecule has 0 saturated carbocycles. The molecule has 8 N–H and O–H groups in total. The van der Waals surface area contributed by atoms with Crippen molar-refractivity contribution in [2.24, 2.45) is 13.5 Å². The van der Waals surface area contributed by atoms with Crippen LogP contribution in [0.5, 0.6) is 34.5 Å². The molecule has 0 fully saturated rings. The van der Waals surface area contributed by atoms with Gasteiger partial charge < -0.3 is 50.1 Å². The van der Waals surface area contributed by atoms with Gasteiger partial charge in [0.1, 0.15) is 34.5 Å². The molecule has 0 atom stereocenters. The summed E-state index contributed by atoms with van der Waals surface area (Å²) in [7, 11) is -13.6. The lowest BCUT2D eigenvalue weighted by Gasteiger charge is -2.33. The van der Waals surface area contributed by atoms with Gasteiger partial charge in [0, 0.05) is 22.7 Å². The number of nitrogens with two attached hydrogens (primary N) is 4.